The highest BCUT2D eigenvalue weighted by atomic mass is 35.5. The van der Waals surface area contributed by atoms with Gasteiger partial charge in [0.2, 0.25) is 10.0 Å². The molecule has 0 atom stereocenters. The maximum absolute atomic E-state index is 12.4. The average Bonchev–Trinajstić information content (AvgIpc) is 2.45. The lowest BCUT2D eigenvalue weighted by atomic mass is 10.1. The van der Waals surface area contributed by atoms with Gasteiger partial charge in [0.1, 0.15) is 4.90 Å². The molecule has 0 saturated heterocycles. The largest absolute Gasteiger partial charge is 0.466 e. The van der Waals surface area contributed by atoms with E-state index in [1.807, 2.05) is 0 Å². The van der Waals surface area contributed by atoms with Crippen molar-refractivity contribution in [1.29, 1.82) is 0 Å². The van der Waals surface area contributed by atoms with Gasteiger partial charge in [-0.25, -0.2) is 13.1 Å². The first-order chi connectivity index (χ1) is 11.5. The molecule has 9 heteroatoms. The van der Waals surface area contributed by atoms with Gasteiger partial charge in [0.05, 0.1) is 18.1 Å². The van der Waals surface area contributed by atoms with Crippen LogP contribution < -0.4 is 10.0 Å². The molecule has 0 aliphatic carbocycles. The molecule has 1 amide bonds. The molecule has 140 valence electrons. The standard InChI is InChI=1S/C16H23ClN2O5S/c1-5-24-14(20)8-9-18-15(21)11-6-7-12(17)13(10-11)25(22,23)19-16(2,3)4/h6-7,10,19H,5,8-9H2,1-4H3,(H,18,21). The van der Waals surface area contributed by atoms with Crippen LogP contribution in [-0.2, 0) is 19.6 Å². The molecule has 0 saturated carbocycles. The summed E-state index contributed by atoms with van der Waals surface area (Å²) < 4.78 is 32.1. The molecule has 1 aromatic carbocycles. The zero-order valence-electron chi connectivity index (χ0n) is 14.7. The maximum atomic E-state index is 12.4. The van der Waals surface area contributed by atoms with E-state index in [2.05, 4.69) is 10.0 Å². The molecule has 0 fully saturated rings. The molecule has 7 nitrogen and oxygen atoms in total. The maximum Gasteiger partial charge on any atom is 0.307 e. The van der Waals surface area contributed by atoms with E-state index in [0.29, 0.717) is 0 Å². The van der Waals surface area contributed by atoms with Crippen LogP contribution in [0.1, 0.15) is 44.5 Å². The zero-order chi connectivity index (χ0) is 19.3. The van der Waals surface area contributed by atoms with Crippen molar-refractivity contribution in [3.63, 3.8) is 0 Å². The van der Waals surface area contributed by atoms with Gasteiger partial charge in [0, 0.05) is 17.6 Å². The van der Waals surface area contributed by atoms with E-state index >= 15 is 0 Å². The summed E-state index contributed by atoms with van der Waals surface area (Å²) in [6, 6.07) is 3.97. The molecule has 2 N–H and O–H groups in total. The number of sulfonamides is 1. The van der Waals surface area contributed by atoms with E-state index in [1.165, 1.54) is 18.2 Å². The molecule has 0 aliphatic heterocycles. The number of carbonyl (C=O) groups is 2. The number of hydrogen-bond acceptors (Lipinski definition) is 5. The number of nitrogens with one attached hydrogen (secondary N) is 2. The third kappa shape index (κ3) is 7.01. The first kappa shape index (κ1) is 21.4. The molecule has 0 radical (unpaired) electrons. The summed E-state index contributed by atoms with van der Waals surface area (Å²) in [4.78, 5) is 23.2. The van der Waals surface area contributed by atoms with Crippen molar-refractivity contribution in [2.24, 2.45) is 0 Å². The van der Waals surface area contributed by atoms with E-state index in [0.717, 1.165) is 0 Å². The Balaban J connectivity index is 2.90. The number of hydrogen-bond donors (Lipinski definition) is 2. The second-order valence-corrected chi connectivity index (χ2v) is 8.37. The predicted molar refractivity (Wildman–Crippen MR) is 95.1 cm³/mol. The van der Waals surface area contributed by atoms with Gasteiger partial charge in [0.25, 0.3) is 5.91 Å². The minimum absolute atomic E-state index is 0.0137. The number of halogens is 1. The van der Waals surface area contributed by atoms with Crippen molar-refractivity contribution in [1.82, 2.24) is 10.0 Å². The summed E-state index contributed by atoms with van der Waals surface area (Å²) in [6.45, 7) is 7.14. The lowest BCUT2D eigenvalue weighted by Gasteiger charge is -2.21. The van der Waals surface area contributed by atoms with Gasteiger partial charge < -0.3 is 10.1 Å². The third-order valence-corrected chi connectivity index (χ3v) is 5.08. The van der Waals surface area contributed by atoms with Gasteiger partial charge in [-0.15, -0.1) is 0 Å². The highest BCUT2D eigenvalue weighted by molar-refractivity contribution is 7.89. The van der Waals surface area contributed by atoms with Crippen LogP contribution in [-0.4, -0.2) is 39.0 Å². The SMILES string of the molecule is CCOC(=O)CCNC(=O)c1ccc(Cl)c(S(=O)(=O)NC(C)(C)C)c1. The molecule has 1 aromatic rings. The highest BCUT2D eigenvalue weighted by Crippen LogP contribution is 2.24. The second kappa shape index (κ2) is 8.64. The first-order valence-electron chi connectivity index (χ1n) is 7.73. The monoisotopic (exact) mass is 390 g/mol. The van der Waals surface area contributed by atoms with Crippen molar-refractivity contribution in [3.05, 3.63) is 28.8 Å². The molecule has 0 heterocycles. The van der Waals surface area contributed by atoms with Crippen LogP contribution in [0, 0.1) is 0 Å². The normalized spacial score (nSPS) is 11.9. The van der Waals surface area contributed by atoms with Gasteiger partial charge in [-0.05, 0) is 45.9 Å². The lowest BCUT2D eigenvalue weighted by Crippen LogP contribution is -2.40. The summed E-state index contributed by atoms with van der Waals surface area (Å²) in [5.74, 6) is -0.926. The Labute approximate surface area is 153 Å². The van der Waals surface area contributed by atoms with Gasteiger partial charge >= 0.3 is 5.97 Å². The Morgan fingerprint density at radius 3 is 2.44 bits per heavy atom. The molecule has 0 unspecified atom stereocenters. The van der Waals surface area contributed by atoms with E-state index in [4.69, 9.17) is 16.3 Å². The summed E-state index contributed by atoms with van der Waals surface area (Å²) in [6.07, 6.45) is 0.0317. The van der Waals surface area contributed by atoms with Crippen molar-refractivity contribution in [3.8, 4) is 0 Å². The van der Waals surface area contributed by atoms with Gasteiger partial charge in [-0.3, -0.25) is 9.59 Å². The molecule has 0 aliphatic rings. The summed E-state index contributed by atoms with van der Waals surface area (Å²) in [7, 11) is -3.88. The second-order valence-electron chi connectivity index (χ2n) is 6.31. The molecule has 1 rings (SSSR count). The van der Waals surface area contributed by atoms with E-state index in [-0.39, 0.29) is 35.1 Å². The van der Waals surface area contributed by atoms with Crippen molar-refractivity contribution < 1.29 is 22.7 Å². The average molecular weight is 391 g/mol. The van der Waals surface area contributed by atoms with Gasteiger partial charge in [0.15, 0.2) is 0 Å². The van der Waals surface area contributed by atoms with Crippen LogP contribution >= 0.6 is 11.6 Å². The molecule has 0 spiro atoms. The van der Waals surface area contributed by atoms with E-state index < -0.39 is 27.4 Å². The number of carbonyl (C=O) groups excluding carboxylic acids is 2. The highest BCUT2D eigenvalue weighted by Gasteiger charge is 2.25. The molecular formula is C16H23ClN2O5S. The van der Waals surface area contributed by atoms with Crippen LogP contribution in [0.4, 0.5) is 0 Å². The van der Waals surface area contributed by atoms with Crippen LogP contribution in [0.5, 0.6) is 0 Å². The van der Waals surface area contributed by atoms with E-state index in [9.17, 15) is 18.0 Å². The molecule has 0 bridgehead atoms. The number of amides is 1. The fourth-order valence-corrected chi connectivity index (χ4v) is 3.87. The zero-order valence-corrected chi connectivity index (χ0v) is 16.3. The Morgan fingerprint density at radius 2 is 1.88 bits per heavy atom. The third-order valence-electron chi connectivity index (χ3n) is 2.84. The minimum atomic E-state index is -3.88. The number of ether oxygens (including phenoxy) is 1. The van der Waals surface area contributed by atoms with Gasteiger partial charge in [-0.1, -0.05) is 11.6 Å². The quantitative estimate of drug-likeness (QED) is 0.694. The summed E-state index contributed by atoms with van der Waals surface area (Å²) in [5.41, 5.74) is -0.567. The van der Waals surface area contributed by atoms with E-state index in [1.54, 1.807) is 27.7 Å². The molecular weight excluding hydrogens is 368 g/mol. The Hall–Kier alpha value is -1.64. The molecule has 0 aromatic heterocycles. The fraction of sp³-hybridized carbons (Fsp3) is 0.500. The predicted octanol–water partition coefficient (Wildman–Crippen LogP) is 2.10. The van der Waals surface area contributed by atoms with Gasteiger partial charge in [-0.2, -0.15) is 0 Å². The van der Waals surface area contributed by atoms with Crippen LogP contribution in [0.2, 0.25) is 5.02 Å². The van der Waals surface area contributed by atoms with Crippen molar-refractivity contribution >= 4 is 33.5 Å². The Morgan fingerprint density at radius 1 is 1.24 bits per heavy atom. The Kier molecular flexibility index (Phi) is 7.40. The van der Waals surface area contributed by atoms with Crippen molar-refractivity contribution in [2.45, 2.75) is 44.6 Å². The molecule has 25 heavy (non-hydrogen) atoms. The lowest BCUT2D eigenvalue weighted by molar-refractivity contribution is -0.142. The smallest absolute Gasteiger partial charge is 0.307 e. The minimum Gasteiger partial charge on any atom is -0.466 e. The number of esters is 1. The Bertz CT molecular complexity index is 741. The fourth-order valence-electron chi connectivity index (χ4n) is 1.92. The summed E-state index contributed by atoms with van der Waals surface area (Å²) >= 11 is 5.98. The van der Waals surface area contributed by atoms with Crippen LogP contribution in [0.15, 0.2) is 23.1 Å². The van der Waals surface area contributed by atoms with Crippen LogP contribution in [0.25, 0.3) is 0 Å². The van der Waals surface area contributed by atoms with Crippen molar-refractivity contribution in [2.75, 3.05) is 13.2 Å². The summed E-state index contributed by atoms with van der Waals surface area (Å²) in [5, 5.41) is 2.55. The number of benzene rings is 1. The van der Waals surface area contributed by atoms with Crippen LogP contribution in [0.3, 0.4) is 0 Å². The first-order valence-corrected chi connectivity index (χ1v) is 9.59. The number of rotatable bonds is 7. The topological polar surface area (TPSA) is 102 Å².